The highest BCUT2D eigenvalue weighted by molar-refractivity contribution is 7.19. The Kier molecular flexibility index (Phi) is 4.98. The lowest BCUT2D eigenvalue weighted by Crippen LogP contribution is -2.16. The first-order chi connectivity index (χ1) is 13.6. The summed E-state index contributed by atoms with van der Waals surface area (Å²) in [5.74, 6) is -0.475. The van der Waals surface area contributed by atoms with Gasteiger partial charge in [0.15, 0.2) is 4.96 Å². The lowest BCUT2D eigenvalue weighted by Gasteiger charge is -2.02. The fourth-order valence-electron chi connectivity index (χ4n) is 2.88. The summed E-state index contributed by atoms with van der Waals surface area (Å²) in [6, 6.07) is 14.4. The van der Waals surface area contributed by atoms with Crippen molar-refractivity contribution in [2.24, 2.45) is 0 Å². The quantitative estimate of drug-likeness (QED) is 0.448. The van der Waals surface area contributed by atoms with Crippen molar-refractivity contribution < 1.29 is 9.53 Å². The second-order valence-electron chi connectivity index (χ2n) is 5.97. The zero-order valence-corrected chi connectivity index (χ0v) is 16.5. The molecule has 0 unspecified atom stereocenters. The number of para-hydroxylation sites is 1. The molecule has 4 rings (SSSR count). The van der Waals surface area contributed by atoms with Gasteiger partial charge in [0, 0.05) is 5.02 Å². The maximum atomic E-state index is 13.1. The van der Waals surface area contributed by atoms with Crippen LogP contribution >= 0.6 is 22.9 Å². The molecule has 0 N–H and O–H groups in total. The number of hydrogen-bond acceptors (Lipinski definition) is 5. The van der Waals surface area contributed by atoms with E-state index >= 15 is 0 Å². The molecule has 0 aliphatic carbocycles. The minimum Gasteiger partial charge on any atom is -0.462 e. The van der Waals surface area contributed by atoms with Crippen molar-refractivity contribution in [3.05, 3.63) is 80.0 Å². The molecule has 4 aromatic rings. The van der Waals surface area contributed by atoms with Crippen molar-refractivity contribution in [3.8, 4) is 0 Å². The number of ether oxygens (including phenoxy) is 1. The number of halogens is 1. The van der Waals surface area contributed by atoms with E-state index in [0.29, 0.717) is 31.5 Å². The van der Waals surface area contributed by atoms with Gasteiger partial charge < -0.3 is 4.74 Å². The predicted octanol–water partition coefficient (Wildman–Crippen LogP) is 4.91. The fourth-order valence-corrected chi connectivity index (χ4v) is 4.01. The van der Waals surface area contributed by atoms with Crippen LogP contribution in [0.25, 0.3) is 28.0 Å². The molecule has 2 aromatic heterocycles. The molecule has 0 spiro atoms. The highest BCUT2D eigenvalue weighted by atomic mass is 35.5. The molecule has 2 aromatic carbocycles. The van der Waals surface area contributed by atoms with Crippen LogP contribution in [0.5, 0.6) is 0 Å². The number of benzene rings is 2. The van der Waals surface area contributed by atoms with Gasteiger partial charge in [-0.2, -0.15) is 0 Å². The maximum absolute atomic E-state index is 13.1. The second-order valence-corrected chi connectivity index (χ2v) is 7.39. The maximum Gasteiger partial charge on any atom is 0.350 e. The highest BCUT2D eigenvalue weighted by Gasteiger charge is 2.21. The van der Waals surface area contributed by atoms with Crippen LogP contribution in [0.1, 0.15) is 27.9 Å². The van der Waals surface area contributed by atoms with E-state index in [1.807, 2.05) is 24.3 Å². The molecule has 0 saturated carbocycles. The number of thiazole rings is 1. The van der Waals surface area contributed by atoms with Crippen molar-refractivity contribution in [2.45, 2.75) is 6.92 Å². The molecule has 2 heterocycles. The van der Waals surface area contributed by atoms with Crippen molar-refractivity contribution >= 4 is 56.9 Å². The van der Waals surface area contributed by atoms with Crippen LogP contribution < -0.4 is 5.56 Å². The molecule has 0 fully saturated rings. The van der Waals surface area contributed by atoms with Gasteiger partial charge in [-0.1, -0.05) is 53.3 Å². The third-order valence-corrected chi connectivity index (χ3v) is 5.46. The monoisotopic (exact) mass is 410 g/mol. The van der Waals surface area contributed by atoms with Gasteiger partial charge in [-0.05, 0) is 42.8 Å². The number of carbonyl (C=O) groups excluding carboxylic acids is 1. The number of aromatic nitrogens is 2. The summed E-state index contributed by atoms with van der Waals surface area (Å²) >= 11 is 7.07. The molecule has 0 bridgehead atoms. The van der Waals surface area contributed by atoms with E-state index in [4.69, 9.17) is 16.3 Å². The number of carbonyl (C=O) groups is 1. The highest BCUT2D eigenvalue weighted by Crippen LogP contribution is 2.25. The Balaban J connectivity index is 1.96. The Morgan fingerprint density at radius 3 is 2.68 bits per heavy atom. The van der Waals surface area contributed by atoms with Crippen LogP contribution in [0, 0.1) is 0 Å². The van der Waals surface area contributed by atoms with Crippen LogP contribution in [0.15, 0.2) is 53.3 Å². The Bertz CT molecular complexity index is 1270. The number of nitrogens with zero attached hydrogens (tertiary/aromatic N) is 2. The van der Waals surface area contributed by atoms with E-state index in [-0.39, 0.29) is 12.2 Å². The topological polar surface area (TPSA) is 60.7 Å². The van der Waals surface area contributed by atoms with Gasteiger partial charge in [0.05, 0.1) is 23.2 Å². The number of hydrogen-bond donors (Lipinski definition) is 0. The van der Waals surface area contributed by atoms with Gasteiger partial charge in [-0.25, -0.2) is 9.78 Å². The van der Waals surface area contributed by atoms with Gasteiger partial charge in [0.25, 0.3) is 5.56 Å². The number of rotatable bonds is 4. The number of fused-ring (bicyclic) bond motifs is 2. The molecule has 140 valence electrons. The molecular formula is C21H15ClN2O3S. The Morgan fingerprint density at radius 1 is 1.18 bits per heavy atom. The SMILES string of the molecule is CCOC(=O)c1sc2nc3ccccc3c(=O)n2c1C=Cc1ccc(Cl)cc1. The molecule has 0 aliphatic heterocycles. The first-order valence-electron chi connectivity index (χ1n) is 8.63. The Hall–Kier alpha value is -2.96. The van der Waals surface area contributed by atoms with Crippen molar-refractivity contribution in [2.75, 3.05) is 6.61 Å². The molecule has 0 saturated heterocycles. The summed E-state index contributed by atoms with van der Waals surface area (Å²) < 4.78 is 6.64. The molecule has 5 nitrogen and oxygen atoms in total. The summed E-state index contributed by atoms with van der Waals surface area (Å²) in [4.78, 5) is 30.9. The zero-order valence-electron chi connectivity index (χ0n) is 14.9. The van der Waals surface area contributed by atoms with Crippen molar-refractivity contribution in [1.82, 2.24) is 9.38 Å². The van der Waals surface area contributed by atoms with E-state index in [1.54, 1.807) is 43.3 Å². The lowest BCUT2D eigenvalue weighted by atomic mass is 10.2. The van der Waals surface area contributed by atoms with Gasteiger partial charge in [0.1, 0.15) is 4.88 Å². The minimum absolute atomic E-state index is 0.219. The summed E-state index contributed by atoms with van der Waals surface area (Å²) in [6.07, 6.45) is 3.55. The molecule has 0 aliphatic rings. The molecule has 0 radical (unpaired) electrons. The summed E-state index contributed by atoms with van der Waals surface area (Å²) in [5, 5.41) is 1.13. The van der Waals surface area contributed by atoms with Crippen LogP contribution in [-0.2, 0) is 4.74 Å². The average Bonchev–Trinajstić information content (AvgIpc) is 3.07. The Labute approximate surface area is 169 Å². The Morgan fingerprint density at radius 2 is 1.93 bits per heavy atom. The van der Waals surface area contributed by atoms with Crippen LogP contribution in [0.2, 0.25) is 5.02 Å². The van der Waals surface area contributed by atoms with Gasteiger partial charge in [-0.15, -0.1) is 0 Å². The van der Waals surface area contributed by atoms with E-state index in [0.717, 1.165) is 16.9 Å². The van der Waals surface area contributed by atoms with E-state index in [1.165, 1.54) is 4.40 Å². The van der Waals surface area contributed by atoms with Crippen LogP contribution in [0.3, 0.4) is 0 Å². The summed E-state index contributed by atoms with van der Waals surface area (Å²) in [6.45, 7) is 1.99. The minimum atomic E-state index is -0.475. The molecule has 28 heavy (non-hydrogen) atoms. The van der Waals surface area contributed by atoms with Crippen LogP contribution in [0.4, 0.5) is 0 Å². The molecule has 0 amide bonds. The lowest BCUT2D eigenvalue weighted by molar-refractivity contribution is 0.0531. The standard InChI is InChI=1S/C21H15ClN2O3S/c1-2-27-20(26)18-17(12-9-13-7-10-14(22)11-8-13)24-19(25)15-5-3-4-6-16(15)23-21(24)28-18/h3-12H,2H2,1H3. The zero-order chi connectivity index (χ0) is 19.7. The molecule has 0 atom stereocenters. The normalized spacial score (nSPS) is 11.5. The third-order valence-electron chi connectivity index (χ3n) is 4.18. The van der Waals surface area contributed by atoms with E-state index in [9.17, 15) is 9.59 Å². The average molecular weight is 411 g/mol. The fraction of sp³-hybridized carbons (Fsp3) is 0.0952. The van der Waals surface area contributed by atoms with E-state index < -0.39 is 5.97 Å². The van der Waals surface area contributed by atoms with Gasteiger partial charge in [0.2, 0.25) is 0 Å². The third kappa shape index (κ3) is 3.32. The molecular weight excluding hydrogens is 396 g/mol. The largest absolute Gasteiger partial charge is 0.462 e. The first kappa shape index (κ1) is 18.4. The summed E-state index contributed by atoms with van der Waals surface area (Å²) in [5.41, 5.74) is 1.72. The van der Waals surface area contributed by atoms with Crippen molar-refractivity contribution in [1.29, 1.82) is 0 Å². The van der Waals surface area contributed by atoms with Gasteiger partial charge >= 0.3 is 5.97 Å². The smallest absolute Gasteiger partial charge is 0.350 e. The van der Waals surface area contributed by atoms with Crippen molar-refractivity contribution in [3.63, 3.8) is 0 Å². The van der Waals surface area contributed by atoms with Gasteiger partial charge in [-0.3, -0.25) is 9.20 Å². The number of esters is 1. The first-order valence-corrected chi connectivity index (χ1v) is 9.83. The van der Waals surface area contributed by atoms with Crippen LogP contribution in [-0.4, -0.2) is 22.0 Å². The summed E-state index contributed by atoms with van der Waals surface area (Å²) in [7, 11) is 0. The second kappa shape index (κ2) is 7.58. The van der Waals surface area contributed by atoms with E-state index in [2.05, 4.69) is 4.98 Å². The molecule has 7 heteroatoms. The predicted molar refractivity (Wildman–Crippen MR) is 113 cm³/mol.